The van der Waals surface area contributed by atoms with Crippen molar-refractivity contribution < 1.29 is 0 Å². The number of nitrogens with zero attached hydrogens (tertiary/aromatic N) is 3. The average Bonchev–Trinajstić information content (AvgIpc) is 3.06. The maximum atomic E-state index is 4.66. The van der Waals surface area contributed by atoms with Crippen LogP contribution in [0.4, 0.5) is 0 Å². The van der Waals surface area contributed by atoms with Crippen LogP contribution >= 0.6 is 46.7 Å². The van der Waals surface area contributed by atoms with E-state index in [0.717, 1.165) is 24.1 Å². The van der Waals surface area contributed by atoms with E-state index >= 15 is 0 Å². The topological polar surface area (TPSA) is 40.5 Å². The van der Waals surface area contributed by atoms with Gasteiger partial charge in [-0.05, 0) is 36.2 Å². The van der Waals surface area contributed by atoms with E-state index in [1.165, 1.54) is 10.4 Å². The molecule has 0 fully saturated rings. The first-order valence-electron chi connectivity index (χ1n) is 6.61. The summed E-state index contributed by atoms with van der Waals surface area (Å²) in [6.45, 7) is 6.52. The molecule has 116 valence electrons. The number of thiophene rings is 1. The van der Waals surface area contributed by atoms with Gasteiger partial charge in [-0.1, -0.05) is 0 Å². The predicted octanol–water partition coefficient (Wildman–Crippen LogP) is 3.73. The van der Waals surface area contributed by atoms with E-state index in [2.05, 4.69) is 57.9 Å². The third-order valence-corrected chi connectivity index (χ3v) is 4.36. The first kappa shape index (κ1) is 18.4. The summed E-state index contributed by atoms with van der Waals surface area (Å²) in [4.78, 5) is 12.4. The number of thiazole rings is 1. The zero-order valence-electron chi connectivity index (χ0n) is 12.5. The molecule has 0 amide bonds. The van der Waals surface area contributed by atoms with Gasteiger partial charge in [-0.15, -0.1) is 35.3 Å². The molecule has 0 aliphatic carbocycles. The van der Waals surface area contributed by atoms with Gasteiger partial charge in [-0.3, -0.25) is 0 Å². The molecule has 21 heavy (non-hydrogen) atoms. The minimum Gasteiger partial charge on any atom is -0.357 e. The summed E-state index contributed by atoms with van der Waals surface area (Å²) in [5.74, 6) is 0.923. The van der Waals surface area contributed by atoms with Crippen LogP contribution in [0.15, 0.2) is 28.0 Å². The van der Waals surface area contributed by atoms with Gasteiger partial charge in [0.05, 0.1) is 6.54 Å². The largest absolute Gasteiger partial charge is 0.357 e. The fourth-order valence-corrected chi connectivity index (χ4v) is 3.19. The van der Waals surface area contributed by atoms with Crippen LogP contribution in [0.2, 0.25) is 0 Å². The molecule has 0 bridgehead atoms. The Bertz CT molecular complexity index is 551. The van der Waals surface area contributed by atoms with Crippen molar-refractivity contribution in [3.8, 4) is 0 Å². The van der Waals surface area contributed by atoms with Crippen LogP contribution in [0, 0.1) is 6.92 Å². The number of halogens is 1. The zero-order valence-corrected chi connectivity index (χ0v) is 16.5. The number of aliphatic imine (C=N–C) groups is 1. The van der Waals surface area contributed by atoms with Crippen LogP contribution < -0.4 is 5.32 Å². The van der Waals surface area contributed by atoms with E-state index in [9.17, 15) is 0 Å². The van der Waals surface area contributed by atoms with Gasteiger partial charge < -0.3 is 10.2 Å². The van der Waals surface area contributed by atoms with Gasteiger partial charge in [0.25, 0.3) is 0 Å². The standard InChI is InChI=1S/C14H20N4S2.HI/c1-4-15-14(17-8-13-16-7-11(2)20-13)18(3)9-12-5-6-19-10-12;/h5-7,10H,4,8-9H2,1-3H3,(H,15,17);1H. The van der Waals surface area contributed by atoms with Crippen molar-refractivity contribution in [2.75, 3.05) is 13.6 Å². The normalized spacial score (nSPS) is 11.1. The second kappa shape index (κ2) is 9.37. The van der Waals surface area contributed by atoms with Gasteiger partial charge in [0.1, 0.15) is 5.01 Å². The van der Waals surface area contributed by atoms with Crippen LogP contribution in [0.5, 0.6) is 0 Å². The van der Waals surface area contributed by atoms with Gasteiger partial charge in [0.15, 0.2) is 5.96 Å². The number of aryl methyl sites for hydroxylation is 1. The zero-order chi connectivity index (χ0) is 14.4. The van der Waals surface area contributed by atoms with Crippen molar-refractivity contribution in [2.24, 2.45) is 4.99 Å². The van der Waals surface area contributed by atoms with E-state index in [0.29, 0.717) is 6.54 Å². The summed E-state index contributed by atoms with van der Waals surface area (Å²) < 4.78 is 0. The smallest absolute Gasteiger partial charge is 0.194 e. The second-order valence-electron chi connectivity index (χ2n) is 4.52. The summed E-state index contributed by atoms with van der Waals surface area (Å²) in [6, 6.07) is 2.15. The summed E-state index contributed by atoms with van der Waals surface area (Å²) in [5, 5.41) is 8.66. The molecule has 2 aromatic heterocycles. The number of nitrogens with one attached hydrogen (secondary N) is 1. The van der Waals surface area contributed by atoms with Crippen molar-refractivity contribution in [2.45, 2.75) is 26.9 Å². The van der Waals surface area contributed by atoms with Crippen molar-refractivity contribution in [3.05, 3.63) is 38.5 Å². The summed E-state index contributed by atoms with van der Waals surface area (Å²) in [5.41, 5.74) is 1.31. The maximum Gasteiger partial charge on any atom is 0.194 e. The lowest BCUT2D eigenvalue weighted by molar-refractivity contribution is 0.477. The van der Waals surface area contributed by atoms with Crippen molar-refractivity contribution in [1.82, 2.24) is 15.2 Å². The lowest BCUT2D eigenvalue weighted by atomic mass is 10.3. The number of rotatable bonds is 5. The average molecular weight is 436 g/mol. The molecule has 2 rings (SSSR count). The van der Waals surface area contributed by atoms with Crippen molar-refractivity contribution >= 4 is 52.6 Å². The van der Waals surface area contributed by atoms with E-state index < -0.39 is 0 Å². The molecule has 0 aliphatic rings. The van der Waals surface area contributed by atoms with Crippen LogP contribution in [-0.2, 0) is 13.1 Å². The molecule has 0 atom stereocenters. The molecular formula is C14H21IN4S2. The monoisotopic (exact) mass is 436 g/mol. The number of hydrogen-bond acceptors (Lipinski definition) is 4. The molecule has 0 aliphatic heterocycles. The molecule has 7 heteroatoms. The maximum absolute atomic E-state index is 4.66. The Morgan fingerprint density at radius 2 is 2.29 bits per heavy atom. The Kier molecular flexibility index (Phi) is 8.20. The highest BCUT2D eigenvalue weighted by molar-refractivity contribution is 14.0. The minimum absolute atomic E-state index is 0. The fourth-order valence-electron chi connectivity index (χ4n) is 1.82. The van der Waals surface area contributed by atoms with Crippen molar-refractivity contribution in [3.63, 3.8) is 0 Å². The third-order valence-electron chi connectivity index (χ3n) is 2.73. The molecule has 0 unspecified atom stereocenters. The molecule has 0 radical (unpaired) electrons. The summed E-state index contributed by atoms with van der Waals surface area (Å²) in [6.07, 6.45) is 1.90. The lowest BCUT2D eigenvalue weighted by Crippen LogP contribution is -2.38. The van der Waals surface area contributed by atoms with Gasteiger partial charge in [-0.25, -0.2) is 9.98 Å². The lowest BCUT2D eigenvalue weighted by Gasteiger charge is -2.21. The molecule has 0 saturated heterocycles. The molecule has 0 aromatic carbocycles. The quantitative estimate of drug-likeness (QED) is 0.441. The Hall–Kier alpha value is -0.670. The van der Waals surface area contributed by atoms with Gasteiger partial charge in [0, 0.05) is 31.2 Å². The molecule has 2 heterocycles. The molecule has 1 N–H and O–H groups in total. The fraction of sp³-hybridized carbons (Fsp3) is 0.429. The first-order valence-corrected chi connectivity index (χ1v) is 8.36. The van der Waals surface area contributed by atoms with E-state index in [-0.39, 0.29) is 24.0 Å². The molecule has 0 spiro atoms. The number of guanidine groups is 1. The van der Waals surface area contributed by atoms with Crippen LogP contribution in [0.25, 0.3) is 0 Å². The number of aromatic nitrogens is 1. The van der Waals surface area contributed by atoms with E-state index in [1.54, 1.807) is 22.7 Å². The third kappa shape index (κ3) is 5.91. The van der Waals surface area contributed by atoms with Crippen LogP contribution in [0.1, 0.15) is 22.4 Å². The molecule has 0 saturated carbocycles. The second-order valence-corrected chi connectivity index (χ2v) is 6.62. The first-order chi connectivity index (χ1) is 9.69. The van der Waals surface area contributed by atoms with Gasteiger partial charge in [0.2, 0.25) is 0 Å². The van der Waals surface area contributed by atoms with Crippen LogP contribution in [0.3, 0.4) is 0 Å². The Morgan fingerprint density at radius 3 is 2.86 bits per heavy atom. The van der Waals surface area contributed by atoms with E-state index in [4.69, 9.17) is 0 Å². The SMILES string of the molecule is CCNC(=NCc1ncc(C)s1)N(C)Cc1ccsc1.I. The Morgan fingerprint density at radius 1 is 1.48 bits per heavy atom. The Labute approximate surface area is 151 Å². The molecule has 2 aromatic rings. The highest BCUT2D eigenvalue weighted by atomic mass is 127. The van der Waals surface area contributed by atoms with Crippen molar-refractivity contribution in [1.29, 1.82) is 0 Å². The summed E-state index contributed by atoms with van der Waals surface area (Å²) >= 11 is 3.43. The molecular weight excluding hydrogens is 415 g/mol. The van der Waals surface area contributed by atoms with E-state index in [1.807, 2.05) is 6.20 Å². The van der Waals surface area contributed by atoms with Gasteiger partial charge >= 0.3 is 0 Å². The highest BCUT2D eigenvalue weighted by Crippen LogP contribution is 2.13. The number of hydrogen-bond donors (Lipinski definition) is 1. The Balaban J connectivity index is 0.00000220. The van der Waals surface area contributed by atoms with Crippen LogP contribution in [-0.4, -0.2) is 29.4 Å². The summed E-state index contributed by atoms with van der Waals surface area (Å²) in [7, 11) is 2.06. The molecule has 4 nitrogen and oxygen atoms in total. The minimum atomic E-state index is 0. The van der Waals surface area contributed by atoms with Gasteiger partial charge in [-0.2, -0.15) is 11.3 Å². The predicted molar refractivity (Wildman–Crippen MR) is 103 cm³/mol. The highest BCUT2D eigenvalue weighted by Gasteiger charge is 2.07.